The van der Waals surface area contributed by atoms with Gasteiger partial charge in [0.15, 0.2) is 5.16 Å². The number of fused-ring (bicyclic) bond motifs is 4. The third-order valence-electron chi connectivity index (χ3n) is 6.45. The van der Waals surface area contributed by atoms with E-state index in [2.05, 4.69) is 18.2 Å². The summed E-state index contributed by atoms with van der Waals surface area (Å²) in [4.78, 5) is 19.2. The van der Waals surface area contributed by atoms with E-state index in [1.807, 2.05) is 36.6 Å². The molecule has 1 aromatic heterocycles. The molecular weight excluding hydrogens is 380 g/mol. The van der Waals surface area contributed by atoms with E-state index < -0.39 is 0 Å². The summed E-state index contributed by atoms with van der Waals surface area (Å²) in [6.45, 7) is 0. The number of nitrogens with zero attached hydrogens (tertiary/aromatic N) is 2. The average Bonchev–Trinajstić information content (AvgIpc) is 3.21. The number of aromatic nitrogens is 2. The van der Waals surface area contributed by atoms with Gasteiger partial charge in [-0.25, -0.2) is 4.98 Å². The average molecular weight is 405 g/mol. The van der Waals surface area contributed by atoms with Gasteiger partial charge in [0.05, 0.1) is 24.1 Å². The van der Waals surface area contributed by atoms with Crippen LogP contribution in [0.3, 0.4) is 0 Å². The lowest BCUT2D eigenvalue weighted by molar-refractivity contribution is 0.407. The molecule has 2 aromatic carbocycles. The fourth-order valence-electron chi connectivity index (χ4n) is 5.18. The zero-order valence-electron chi connectivity index (χ0n) is 16.8. The molecule has 0 radical (unpaired) electrons. The van der Waals surface area contributed by atoms with Gasteiger partial charge < -0.3 is 4.74 Å². The van der Waals surface area contributed by atoms with E-state index in [0.29, 0.717) is 10.9 Å². The molecule has 4 nitrogen and oxygen atoms in total. The molecule has 5 rings (SSSR count). The molecule has 0 amide bonds. The van der Waals surface area contributed by atoms with Crippen molar-refractivity contribution < 1.29 is 4.74 Å². The molecule has 0 aliphatic heterocycles. The van der Waals surface area contributed by atoms with Crippen molar-refractivity contribution in [3.63, 3.8) is 0 Å². The zero-order valence-corrected chi connectivity index (χ0v) is 17.6. The van der Waals surface area contributed by atoms with Gasteiger partial charge in [0, 0.05) is 11.0 Å². The van der Waals surface area contributed by atoms with Gasteiger partial charge in [0.25, 0.3) is 5.56 Å². The molecule has 1 heterocycles. The lowest BCUT2D eigenvalue weighted by atomic mass is 9.68. The van der Waals surface area contributed by atoms with Crippen LogP contribution in [0.25, 0.3) is 16.9 Å². The van der Waals surface area contributed by atoms with E-state index in [1.54, 1.807) is 11.7 Å². The minimum atomic E-state index is -0.103. The predicted octanol–water partition coefficient (Wildman–Crippen LogP) is 5.00. The number of para-hydroxylation sites is 2. The Morgan fingerprint density at radius 2 is 1.79 bits per heavy atom. The highest BCUT2D eigenvalue weighted by atomic mass is 32.2. The fourth-order valence-corrected chi connectivity index (χ4v) is 5.72. The summed E-state index contributed by atoms with van der Waals surface area (Å²) in [6.07, 6.45) is 7.34. The molecule has 0 bridgehead atoms. The van der Waals surface area contributed by atoms with Crippen LogP contribution in [0.2, 0.25) is 0 Å². The van der Waals surface area contributed by atoms with Crippen LogP contribution < -0.4 is 10.3 Å². The minimum Gasteiger partial charge on any atom is -0.495 e. The molecule has 0 N–H and O–H groups in total. The highest BCUT2D eigenvalue weighted by Gasteiger charge is 2.44. The number of hydrogen-bond acceptors (Lipinski definition) is 4. The van der Waals surface area contributed by atoms with Gasteiger partial charge in [-0.2, -0.15) is 0 Å². The van der Waals surface area contributed by atoms with Crippen LogP contribution in [0.4, 0.5) is 0 Å². The molecule has 0 unspecified atom stereocenters. The minimum absolute atomic E-state index is 0.0558. The van der Waals surface area contributed by atoms with E-state index >= 15 is 0 Å². The van der Waals surface area contributed by atoms with Gasteiger partial charge in [0.1, 0.15) is 5.75 Å². The number of ether oxygens (including phenoxy) is 1. The van der Waals surface area contributed by atoms with E-state index in [9.17, 15) is 4.79 Å². The lowest BCUT2D eigenvalue weighted by Crippen LogP contribution is -2.40. The Balaban J connectivity index is 1.87. The zero-order chi connectivity index (χ0) is 20.0. The van der Waals surface area contributed by atoms with Gasteiger partial charge in [-0.3, -0.25) is 9.36 Å². The first-order chi connectivity index (χ1) is 14.2. The van der Waals surface area contributed by atoms with Crippen molar-refractivity contribution in [2.45, 2.75) is 42.7 Å². The largest absolute Gasteiger partial charge is 0.495 e. The SMILES string of the molecule is COc1ccccc1-n1c(SC)nc2c(c1=O)C1(CCCC1)Cc1ccccc1-2. The van der Waals surface area contributed by atoms with E-state index in [0.717, 1.165) is 41.8 Å². The molecule has 1 saturated carbocycles. The Morgan fingerprint density at radius 1 is 1.07 bits per heavy atom. The normalized spacial score (nSPS) is 16.5. The molecule has 148 valence electrons. The van der Waals surface area contributed by atoms with Crippen molar-refractivity contribution in [3.05, 3.63) is 70.0 Å². The predicted molar refractivity (Wildman–Crippen MR) is 117 cm³/mol. The van der Waals surface area contributed by atoms with E-state index in [4.69, 9.17) is 9.72 Å². The quantitative estimate of drug-likeness (QED) is 0.455. The van der Waals surface area contributed by atoms with Crippen molar-refractivity contribution in [1.82, 2.24) is 9.55 Å². The van der Waals surface area contributed by atoms with Gasteiger partial charge >= 0.3 is 0 Å². The van der Waals surface area contributed by atoms with Gasteiger partial charge in [-0.1, -0.05) is 61.0 Å². The van der Waals surface area contributed by atoms with Crippen LogP contribution in [-0.2, 0) is 11.8 Å². The van der Waals surface area contributed by atoms with Crippen molar-refractivity contribution in [3.8, 4) is 22.7 Å². The molecule has 29 heavy (non-hydrogen) atoms. The Hall–Kier alpha value is -2.53. The second-order valence-corrected chi connectivity index (χ2v) is 8.73. The first-order valence-corrected chi connectivity index (χ1v) is 11.3. The summed E-state index contributed by atoms with van der Waals surface area (Å²) in [5.74, 6) is 0.684. The number of rotatable bonds is 3. The highest BCUT2D eigenvalue weighted by molar-refractivity contribution is 7.98. The van der Waals surface area contributed by atoms with Crippen LogP contribution in [0.1, 0.15) is 36.8 Å². The molecule has 0 saturated heterocycles. The standard InChI is InChI=1S/C24H24N2O2S/c1-28-19-12-6-5-11-18(19)26-22(27)20-21(25-23(26)29-2)17-10-4-3-9-16(17)15-24(20)13-7-8-14-24/h3-6,9-12H,7-8,13-15H2,1-2H3. The summed E-state index contributed by atoms with van der Waals surface area (Å²) in [7, 11) is 1.64. The van der Waals surface area contributed by atoms with Crippen molar-refractivity contribution in [2.24, 2.45) is 0 Å². The van der Waals surface area contributed by atoms with Crippen molar-refractivity contribution in [1.29, 1.82) is 0 Å². The first kappa shape index (κ1) is 18.5. The van der Waals surface area contributed by atoms with E-state index in [-0.39, 0.29) is 11.0 Å². The molecule has 5 heteroatoms. The summed E-state index contributed by atoms with van der Waals surface area (Å²) >= 11 is 1.50. The molecule has 2 aliphatic rings. The van der Waals surface area contributed by atoms with Crippen molar-refractivity contribution in [2.75, 3.05) is 13.4 Å². The highest BCUT2D eigenvalue weighted by Crippen LogP contribution is 2.50. The summed E-state index contributed by atoms with van der Waals surface area (Å²) in [5.41, 5.74) is 4.92. The molecule has 1 fully saturated rings. The summed E-state index contributed by atoms with van der Waals surface area (Å²) in [5, 5.41) is 0.697. The molecule has 3 aromatic rings. The maximum Gasteiger partial charge on any atom is 0.263 e. The summed E-state index contributed by atoms with van der Waals surface area (Å²) in [6, 6.07) is 16.1. The first-order valence-electron chi connectivity index (χ1n) is 10.1. The number of methoxy groups -OCH3 is 1. The fraction of sp³-hybridized carbons (Fsp3) is 0.333. The molecular formula is C24H24N2O2S. The maximum atomic E-state index is 14.1. The number of thioether (sulfide) groups is 1. The molecule has 2 aliphatic carbocycles. The second kappa shape index (κ2) is 7.06. The maximum absolute atomic E-state index is 14.1. The van der Waals surface area contributed by atoms with Crippen LogP contribution >= 0.6 is 11.8 Å². The Labute approximate surface area is 175 Å². The van der Waals surface area contributed by atoms with Crippen molar-refractivity contribution >= 4 is 11.8 Å². The third kappa shape index (κ3) is 2.75. The van der Waals surface area contributed by atoms with Gasteiger partial charge in [0.2, 0.25) is 0 Å². The molecule has 1 spiro atoms. The Kier molecular flexibility index (Phi) is 4.50. The Bertz CT molecular complexity index is 1150. The third-order valence-corrected chi connectivity index (χ3v) is 7.09. The number of benzene rings is 2. The van der Waals surface area contributed by atoms with Gasteiger partial charge in [-0.05, 0) is 43.2 Å². The van der Waals surface area contributed by atoms with Crippen LogP contribution in [0, 0.1) is 0 Å². The van der Waals surface area contributed by atoms with Gasteiger partial charge in [-0.15, -0.1) is 0 Å². The van der Waals surface area contributed by atoms with Crippen LogP contribution in [-0.4, -0.2) is 22.9 Å². The monoisotopic (exact) mass is 404 g/mol. The van der Waals surface area contributed by atoms with Crippen LogP contribution in [0.5, 0.6) is 5.75 Å². The summed E-state index contributed by atoms with van der Waals surface area (Å²) < 4.78 is 7.34. The molecule has 0 atom stereocenters. The Morgan fingerprint density at radius 3 is 2.55 bits per heavy atom. The lowest BCUT2D eigenvalue weighted by Gasteiger charge is -2.36. The second-order valence-electron chi connectivity index (χ2n) is 7.96. The number of hydrogen-bond donors (Lipinski definition) is 0. The topological polar surface area (TPSA) is 44.1 Å². The smallest absolute Gasteiger partial charge is 0.263 e. The van der Waals surface area contributed by atoms with Crippen LogP contribution in [0.15, 0.2) is 58.5 Å². The van der Waals surface area contributed by atoms with E-state index in [1.165, 1.54) is 30.2 Å².